The lowest BCUT2D eigenvalue weighted by atomic mass is 9.96. The predicted octanol–water partition coefficient (Wildman–Crippen LogP) is 3.87. The van der Waals surface area contributed by atoms with E-state index in [4.69, 9.17) is 9.73 Å². The summed E-state index contributed by atoms with van der Waals surface area (Å²) in [6.45, 7) is 16.9. The van der Waals surface area contributed by atoms with Crippen molar-refractivity contribution in [1.82, 2.24) is 20.1 Å². The number of carbonyl (C=O) groups is 1. The zero-order chi connectivity index (χ0) is 22.9. The van der Waals surface area contributed by atoms with Gasteiger partial charge in [0, 0.05) is 51.7 Å². The number of pyridine rings is 1. The number of piperidine rings is 1. The maximum absolute atomic E-state index is 12.4. The Hall–Kier alpha value is -2.31. The minimum atomic E-state index is -0.458. The Labute approximate surface area is 188 Å². The van der Waals surface area contributed by atoms with Gasteiger partial charge in [0.2, 0.25) is 0 Å². The van der Waals surface area contributed by atoms with Crippen molar-refractivity contribution in [3.05, 3.63) is 29.6 Å². The lowest BCUT2D eigenvalue weighted by Crippen LogP contribution is -2.48. The second-order valence-electron chi connectivity index (χ2n) is 9.24. The highest BCUT2D eigenvalue weighted by Crippen LogP contribution is 2.20. The summed E-state index contributed by atoms with van der Waals surface area (Å²) in [5, 5.41) is 3.44. The molecule has 7 heteroatoms. The van der Waals surface area contributed by atoms with Gasteiger partial charge in [-0.25, -0.2) is 4.79 Å². The summed E-state index contributed by atoms with van der Waals surface area (Å²) in [4.78, 5) is 25.7. The van der Waals surface area contributed by atoms with Gasteiger partial charge in [-0.05, 0) is 83.9 Å². The van der Waals surface area contributed by atoms with Crippen LogP contribution in [-0.4, -0.2) is 71.7 Å². The molecule has 0 saturated carbocycles. The molecular formula is C24H41N5O2. The summed E-state index contributed by atoms with van der Waals surface area (Å²) in [5.41, 5.74) is 2.06. The third-order valence-electron chi connectivity index (χ3n) is 5.54. The van der Waals surface area contributed by atoms with Gasteiger partial charge < -0.3 is 19.9 Å². The Morgan fingerprint density at radius 1 is 1.32 bits per heavy atom. The van der Waals surface area contributed by atoms with Crippen LogP contribution in [0.2, 0.25) is 0 Å². The molecule has 1 N–H and O–H groups in total. The number of ether oxygens (including phenoxy) is 1. The van der Waals surface area contributed by atoms with Crippen molar-refractivity contribution in [3.63, 3.8) is 0 Å². The largest absolute Gasteiger partial charge is 0.444 e. The van der Waals surface area contributed by atoms with Crippen LogP contribution in [0.1, 0.15) is 58.6 Å². The first kappa shape index (κ1) is 25.0. The molecule has 1 aromatic heterocycles. The number of likely N-dealkylation sites (tertiary alicyclic amines) is 1. The van der Waals surface area contributed by atoms with E-state index in [-0.39, 0.29) is 6.09 Å². The highest BCUT2D eigenvalue weighted by atomic mass is 16.6. The molecule has 0 radical (unpaired) electrons. The quantitative estimate of drug-likeness (QED) is 0.524. The number of carbonyl (C=O) groups excluding carboxylic acids is 1. The molecule has 31 heavy (non-hydrogen) atoms. The van der Waals surface area contributed by atoms with Crippen LogP contribution in [0.3, 0.4) is 0 Å². The molecule has 174 valence electrons. The van der Waals surface area contributed by atoms with E-state index in [2.05, 4.69) is 35.1 Å². The maximum Gasteiger partial charge on any atom is 0.410 e. The first-order chi connectivity index (χ1) is 14.7. The van der Waals surface area contributed by atoms with E-state index in [1.807, 2.05) is 45.0 Å². The van der Waals surface area contributed by atoms with E-state index in [1.165, 1.54) is 11.1 Å². The normalized spacial score (nSPS) is 15.7. The van der Waals surface area contributed by atoms with Gasteiger partial charge in [0.1, 0.15) is 5.60 Å². The fourth-order valence-electron chi connectivity index (χ4n) is 3.79. The average molecular weight is 432 g/mol. The first-order valence-corrected chi connectivity index (χ1v) is 11.6. The molecule has 0 bridgehead atoms. The number of rotatable bonds is 7. The third-order valence-corrected chi connectivity index (χ3v) is 5.54. The Bertz CT molecular complexity index is 721. The molecule has 1 fully saturated rings. The highest BCUT2D eigenvalue weighted by Gasteiger charge is 2.27. The fourth-order valence-corrected chi connectivity index (χ4v) is 3.79. The zero-order valence-corrected chi connectivity index (χ0v) is 20.3. The lowest BCUT2D eigenvalue weighted by Gasteiger charge is -2.36. The van der Waals surface area contributed by atoms with Gasteiger partial charge >= 0.3 is 6.09 Å². The van der Waals surface area contributed by atoms with Crippen molar-refractivity contribution >= 4 is 12.1 Å². The van der Waals surface area contributed by atoms with E-state index in [0.29, 0.717) is 12.5 Å². The molecule has 1 aromatic rings. The van der Waals surface area contributed by atoms with Gasteiger partial charge in [-0.2, -0.15) is 0 Å². The zero-order valence-electron chi connectivity index (χ0n) is 20.3. The summed E-state index contributed by atoms with van der Waals surface area (Å²) >= 11 is 0. The average Bonchev–Trinajstić information content (AvgIpc) is 2.72. The summed E-state index contributed by atoms with van der Waals surface area (Å²) in [6, 6.07) is 2.08. The predicted molar refractivity (Wildman–Crippen MR) is 126 cm³/mol. The number of amides is 1. The number of hydrogen-bond acceptors (Lipinski definition) is 4. The van der Waals surface area contributed by atoms with Crippen LogP contribution in [0, 0.1) is 12.8 Å². The van der Waals surface area contributed by atoms with Crippen molar-refractivity contribution in [2.24, 2.45) is 10.9 Å². The van der Waals surface area contributed by atoms with Crippen LogP contribution >= 0.6 is 0 Å². The highest BCUT2D eigenvalue weighted by molar-refractivity contribution is 5.80. The van der Waals surface area contributed by atoms with Crippen LogP contribution in [-0.2, 0) is 11.2 Å². The molecule has 1 aliphatic heterocycles. The Morgan fingerprint density at radius 3 is 2.61 bits per heavy atom. The monoisotopic (exact) mass is 431 g/mol. The second kappa shape index (κ2) is 11.9. The number of aliphatic imine (C=N–C) groups is 1. The number of aryl methyl sites for hydroxylation is 1. The Kier molecular flexibility index (Phi) is 9.59. The minimum absolute atomic E-state index is 0.210. The molecular weight excluding hydrogens is 390 g/mol. The third kappa shape index (κ3) is 8.38. The van der Waals surface area contributed by atoms with Gasteiger partial charge in [-0.1, -0.05) is 0 Å². The van der Waals surface area contributed by atoms with E-state index < -0.39 is 5.60 Å². The molecule has 2 heterocycles. The molecule has 0 atom stereocenters. The summed E-state index contributed by atoms with van der Waals surface area (Å²) in [6.07, 6.45) is 6.56. The first-order valence-electron chi connectivity index (χ1n) is 11.6. The van der Waals surface area contributed by atoms with Crippen molar-refractivity contribution in [1.29, 1.82) is 0 Å². The van der Waals surface area contributed by atoms with Crippen LogP contribution < -0.4 is 5.32 Å². The number of guanidine groups is 1. The van der Waals surface area contributed by atoms with Crippen molar-refractivity contribution in [3.8, 4) is 0 Å². The summed E-state index contributed by atoms with van der Waals surface area (Å²) in [5.74, 6) is 1.48. The van der Waals surface area contributed by atoms with Crippen LogP contribution in [0.5, 0.6) is 0 Å². The molecule has 1 amide bonds. The lowest BCUT2D eigenvalue weighted by molar-refractivity contribution is 0.0214. The second-order valence-corrected chi connectivity index (χ2v) is 9.24. The van der Waals surface area contributed by atoms with E-state index in [9.17, 15) is 4.79 Å². The minimum Gasteiger partial charge on any atom is -0.444 e. The molecule has 0 aliphatic carbocycles. The molecule has 1 saturated heterocycles. The summed E-state index contributed by atoms with van der Waals surface area (Å²) < 4.78 is 5.56. The van der Waals surface area contributed by atoms with Gasteiger partial charge in [-0.15, -0.1) is 0 Å². The van der Waals surface area contributed by atoms with Crippen LogP contribution in [0.25, 0.3) is 0 Å². The van der Waals surface area contributed by atoms with Crippen LogP contribution in [0.15, 0.2) is 23.5 Å². The Morgan fingerprint density at radius 2 is 2.03 bits per heavy atom. The molecule has 0 spiro atoms. The topological polar surface area (TPSA) is 70.1 Å². The molecule has 1 aliphatic rings. The smallest absolute Gasteiger partial charge is 0.410 e. The van der Waals surface area contributed by atoms with Crippen molar-refractivity contribution in [2.75, 3.05) is 39.3 Å². The molecule has 0 aromatic carbocycles. The fraction of sp³-hybridized carbons (Fsp3) is 0.708. The van der Waals surface area contributed by atoms with Gasteiger partial charge in [0.05, 0.1) is 0 Å². The SMILES string of the molecule is CCNC(=NCCc1ccncc1C)N1CCC(CN(CC)C(=O)OC(C)(C)C)CC1. The van der Waals surface area contributed by atoms with Crippen molar-refractivity contribution < 1.29 is 9.53 Å². The van der Waals surface area contributed by atoms with Crippen molar-refractivity contribution in [2.45, 2.75) is 66.4 Å². The molecule has 7 nitrogen and oxygen atoms in total. The van der Waals surface area contributed by atoms with Gasteiger partial charge in [-0.3, -0.25) is 9.98 Å². The van der Waals surface area contributed by atoms with E-state index in [1.54, 1.807) is 0 Å². The number of aromatic nitrogens is 1. The molecule has 2 rings (SSSR count). The standard InChI is InChI=1S/C24H41N5O2/c1-7-26-22(27-14-10-21-9-13-25-17-19(21)3)29-15-11-20(12-16-29)18-28(8-2)23(30)31-24(4,5)6/h9,13,17,20H,7-8,10-12,14-16,18H2,1-6H3,(H,26,27). The molecule has 0 unspecified atom stereocenters. The maximum atomic E-state index is 12.4. The van der Waals surface area contributed by atoms with E-state index >= 15 is 0 Å². The summed E-state index contributed by atoms with van der Waals surface area (Å²) in [7, 11) is 0. The Balaban J connectivity index is 1.87. The number of nitrogens with zero attached hydrogens (tertiary/aromatic N) is 4. The van der Waals surface area contributed by atoms with Gasteiger partial charge in [0.25, 0.3) is 0 Å². The number of hydrogen-bond donors (Lipinski definition) is 1. The number of nitrogens with one attached hydrogen (secondary N) is 1. The van der Waals surface area contributed by atoms with Gasteiger partial charge in [0.15, 0.2) is 5.96 Å². The van der Waals surface area contributed by atoms with Crippen LogP contribution in [0.4, 0.5) is 4.79 Å². The van der Waals surface area contributed by atoms with E-state index in [0.717, 1.165) is 57.9 Å².